The Labute approximate surface area is 259 Å². The fourth-order valence-electron chi connectivity index (χ4n) is 5.30. The Kier molecular flexibility index (Phi) is 15.1. The summed E-state index contributed by atoms with van der Waals surface area (Å²) in [6.45, 7) is 2.70. The van der Waals surface area contributed by atoms with E-state index >= 15 is 0 Å². The second-order valence-corrected chi connectivity index (χ2v) is 11.3. The fraction of sp³-hybridized carbons (Fsp3) is 0.529. The molecule has 0 aliphatic carbocycles. The minimum Gasteiger partial charge on any atom is -0.504 e. The third kappa shape index (κ3) is 11.2. The van der Waals surface area contributed by atoms with Gasteiger partial charge >= 0.3 is 5.69 Å². The van der Waals surface area contributed by atoms with E-state index in [1.165, 1.54) is 89.5 Å². The van der Waals surface area contributed by atoms with E-state index in [0.29, 0.717) is 23.1 Å². The molecule has 44 heavy (non-hydrogen) atoms. The van der Waals surface area contributed by atoms with Gasteiger partial charge in [-0.3, -0.25) is 20.2 Å². The van der Waals surface area contributed by atoms with Gasteiger partial charge in [-0.05, 0) is 12.5 Å². The normalized spacial score (nSPS) is 11.4. The number of phenolic OH excluding ortho intramolecular Hbond substituents is 1. The molecule has 0 unspecified atom stereocenters. The highest BCUT2D eigenvalue weighted by Gasteiger charge is 2.20. The number of hydrogen-bond acceptors (Lipinski definition) is 8. The number of unbranched alkanes of at least 4 members (excludes halogenated alkanes) is 15. The van der Waals surface area contributed by atoms with Crippen molar-refractivity contribution >= 4 is 33.5 Å². The maximum atomic E-state index is 11.5. The van der Waals surface area contributed by atoms with E-state index in [-0.39, 0.29) is 17.2 Å². The summed E-state index contributed by atoms with van der Waals surface area (Å²) in [4.78, 5) is 21.1. The molecule has 3 aromatic rings. The highest BCUT2D eigenvalue weighted by Crippen LogP contribution is 2.42. The average molecular weight is 607 g/mol. The number of rotatable bonds is 22. The Morgan fingerprint density at radius 1 is 0.659 bits per heavy atom. The molecule has 0 bridgehead atoms. The summed E-state index contributed by atoms with van der Waals surface area (Å²) in [7, 11) is 0. The first-order valence-corrected chi connectivity index (χ1v) is 16.1. The van der Waals surface area contributed by atoms with Crippen LogP contribution in [0.2, 0.25) is 0 Å². The fourth-order valence-corrected chi connectivity index (χ4v) is 5.30. The number of phenols is 1. The van der Waals surface area contributed by atoms with Crippen molar-refractivity contribution in [2.75, 3.05) is 6.61 Å². The van der Waals surface area contributed by atoms with Crippen LogP contribution in [0.3, 0.4) is 0 Å². The number of nitro benzene ring substituents is 2. The smallest absolute Gasteiger partial charge is 0.303 e. The molecule has 3 rings (SSSR count). The monoisotopic (exact) mass is 606 g/mol. The van der Waals surface area contributed by atoms with Gasteiger partial charge in [0.2, 0.25) is 0 Å². The van der Waals surface area contributed by atoms with Gasteiger partial charge in [0.25, 0.3) is 5.69 Å². The maximum Gasteiger partial charge on any atom is 0.303 e. The van der Waals surface area contributed by atoms with Gasteiger partial charge in [-0.15, -0.1) is 10.2 Å². The van der Waals surface area contributed by atoms with Crippen LogP contribution in [-0.4, -0.2) is 21.6 Å². The highest BCUT2D eigenvalue weighted by atomic mass is 16.6. The van der Waals surface area contributed by atoms with Crippen molar-refractivity contribution in [3.05, 3.63) is 68.8 Å². The number of fused-ring (bicyclic) bond motifs is 1. The van der Waals surface area contributed by atoms with E-state index in [2.05, 4.69) is 17.2 Å². The van der Waals surface area contributed by atoms with Gasteiger partial charge < -0.3 is 9.84 Å². The van der Waals surface area contributed by atoms with Crippen molar-refractivity contribution in [3.63, 3.8) is 0 Å². The third-order valence-corrected chi connectivity index (χ3v) is 7.85. The van der Waals surface area contributed by atoms with Crippen LogP contribution in [0.15, 0.2) is 58.8 Å². The molecule has 0 aromatic heterocycles. The van der Waals surface area contributed by atoms with Crippen LogP contribution in [0.4, 0.5) is 22.7 Å². The average Bonchev–Trinajstić information content (AvgIpc) is 3.02. The van der Waals surface area contributed by atoms with Crippen molar-refractivity contribution in [2.24, 2.45) is 10.2 Å². The number of benzene rings is 3. The first-order chi connectivity index (χ1) is 21.4. The molecule has 0 fully saturated rings. The number of aromatic hydroxyl groups is 1. The lowest BCUT2D eigenvalue weighted by Crippen LogP contribution is -1.98. The van der Waals surface area contributed by atoms with Gasteiger partial charge in [0.15, 0.2) is 17.2 Å². The van der Waals surface area contributed by atoms with Gasteiger partial charge in [-0.25, -0.2) is 0 Å². The second kappa shape index (κ2) is 19.2. The Hall–Kier alpha value is -4.08. The van der Waals surface area contributed by atoms with Crippen molar-refractivity contribution < 1.29 is 19.7 Å². The van der Waals surface area contributed by atoms with Gasteiger partial charge in [0, 0.05) is 22.9 Å². The predicted octanol–water partition coefficient (Wildman–Crippen LogP) is 11.4. The summed E-state index contributed by atoms with van der Waals surface area (Å²) < 4.78 is 5.93. The standard InChI is InChI=1S/C34H46N4O6/c1-2-3-4-5-6-7-8-9-10-11-12-13-14-15-16-19-24-44-33-26-31(28-20-17-18-21-29(28)34(33)39)36-35-30-23-22-27(37(40)41)25-32(30)38(42)43/h17-18,20-23,25-26,39H,2-16,19,24H2,1H3. The van der Waals surface area contributed by atoms with Crippen molar-refractivity contribution in [3.8, 4) is 11.5 Å². The van der Waals surface area contributed by atoms with Crippen LogP contribution in [0.1, 0.15) is 110 Å². The maximum absolute atomic E-state index is 11.5. The molecule has 0 radical (unpaired) electrons. The lowest BCUT2D eigenvalue weighted by molar-refractivity contribution is -0.393. The SMILES string of the molecule is CCCCCCCCCCCCCCCCCCOc1cc(N=Nc2ccc([N+](=O)[O-])cc2[N+](=O)[O-])c2ccccc2c1O. The molecule has 0 atom stereocenters. The van der Waals surface area contributed by atoms with E-state index in [1.54, 1.807) is 30.3 Å². The number of azo groups is 1. The van der Waals surface area contributed by atoms with E-state index in [9.17, 15) is 25.3 Å². The van der Waals surface area contributed by atoms with Crippen LogP contribution in [0, 0.1) is 20.2 Å². The van der Waals surface area contributed by atoms with Gasteiger partial charge in [-0.2, -0.15) is 0 Å². The van der Waals surface area contributed by atoms with Crippen LogP contribution >= 0.6 is 0 Å². The van der Waals surface area contributed by atoms with Crippen molar-refractivity contribution in [1.29, 1.82) is 0 Å². The summed E-state index contributed by atoms with van der Waals surface area (Å²) in [5, 5.41) is 42.7. The molecule has 10 heteroatoms. The van der Waals surface area contributed by atoms with Crippen molar-refractivity contribution in [2.45, 2.75) is 110 Å². The quantitative estimate of drug-likeness (QED) is 0.0522. The summed E-state index contributed by atoms with van der Waals surface area (Å²) >= 11 is 0. The van der Waals surface area contributed by atoms with E-state index in [4.69, 9.17) is 4.74 Å². The topological polar surface area (TPSA) is 140 Å². The zero-order valence-corrected chi connectivity index (χ0v) is 25.9. The Morgan fingerprint density at radius 2 is 1.18 bits per heavy atom. The molecule has 0 spiro atoms. The third-order valence-electron chi connectivity index (χ3n) is 7.85. The number of nitrogens with zero attached hydrogens (tertiary/aromatic N) is 4. The first kappa shape index (κ1) is 34.4. The molecular formula is C34H46N4O6. The molecule has 1 N–H and O–H groups in total. The molecule has 10 nitrogen and oxygen atoms in total. The number of hydrogen-bond donors (Lipinski definition) is 1. The number of non-ortho nitro benzene ring substituents is 1. The summed E-state index contributed by atoms with van der Waals surface area (Å²) in [6, 6.07) is 11.8. The minimum atomic E-state index is -0.733. The lowest BCUT2D eigenvalue weighted by atomic mass is 10.0. The van der Waals surface area contributed by atoms with Crippen molar-refractivity contribution in [1.82, 2.24) is 0 Å². The molecule has 0 heterocycles. The largest absolute Gasteiger partial charge is 0.504 e. The lowest BCUT2D eigenvalue weighted by Gasteiger charge is -2.12. The van der Waals surface area contributed by atoms with Gasteiger partial charge in [0.05, 0.1) is 28.2 Å². The Balaban J connectivity index is 1.44. The molecule has 0 aliphatic heterocycles. The predicted molar refractivity (Wildman–Crippen MR) is 175 cm³/mol. The zero-order valence-electron chi connectivity index (χ0n) is 25.9. The zero-order chi connectivity index (χ0) is 31.6. The van der Waals surface area contributed by atoms with E-state index in [0.717, 1.165) is 31.4 Å². The summed E-state index contributed by atoms with van der Waals surface area (Å²) in [5.41, 5.74) is -0.692. The summed E-state index contributed by atoms with van der Waals surface area (Å²) in [6.07, 6.45) is 20.5. The molecule has 0 saturated heterocycles. The molecule has 0 saturated carbocycles. The van der Waals surface area contributed by atoms with Crippen LogP contribution in [0.25, 0.3) is 10.8 Å². The van der Waals surface area contributed by atoms with Crippen LogP contribution in [-0.2, 0) is 0 Å². The van der Waals surface area contributed by atoms with Crippen LogP contribution < -0.4 is 4.74 Å². The Bertz CT molecular complexity index is 1380. The second-order valence-electron chi connectivity index (χ2n) is 11.3. The van der Waals surface area contributed by atoms with Crippen LogP contribution in [0.5, 0.6) is 11.5 Å². The first-order valence-electron chi connectivity index (χ1n) is 16.1. The molecular weight excluding hydrogens is 560 g/mol. The molecule has 0 amide bonds. The number of nitro groups is 2. The van der Waals surface area contributed by atoms with Gasteiger partial charge in [0.1, 0.15) is 0 Å². The number of ether oxygens (including phenoxy) is 1. The minimum absolute atomic E-state index is 0.00244. The molecule has 0 aliphatic rings. The molecule has 238 valence electrons. The Morgan fingerprint density at radius 3 is 1.73 bits per heavy atom. The summed E-state index contributed by atoms with van der Waals surface area (Å²) in [5.74, 6) is 0.258. The van der Waals surface area contributed by atoms with Gasteiger partial charge in [-0.1, -0.05) is 128 Å². The molecule has 3 aromatic carbocycles. The van der Waals surface area contributed by atoms with E-state index in [1.807, 2.05) is 0 Å². The van der Waals surface area contributed by atoms with E-state index < -0.39 is 21.2 Å². The highest BCUT2D eigenvalue weighted by molar-refractivity contribution is 5.98.